The van der Waals surface area contributed by atoms with Crippen molar-refractivity contribution in [1.82, 2.24) is 20.0 Å². The number of aryl methyl sites for hydroxylation is 1. The molecule has 1 heterocycles. The first-order valence-corrected chi connectivity index (χ1v) is 8.98. The summed E-state index contributed by atoms with van der Waals surface area (Å²) in [6, 6.07) is 0.326. The van der Waals surface area contributed by atoms with E-state index in [-0.39, 0.29) is 5.54 Å². The van der Waals surface area contributed by atoms with Crippen LogP contribution in [-0.4, -0.2) is 40.9 Å². The zero-order valence-electron chi connectivity index (χ0n) is 13.8. The molecule has 0 spiro atoms. The average molecular weight is 357 g/mol. The second kappa shape index (κ2) is 7.25. The standard InChI is InChI=1S/C16H29BrN4/c1-5-11-18-15(14-13(17)12-19-21(14)6-2)16(20(3)4)9-7-8-10-16/h12,15,18H,5-11H2,1-4H3. The summed E-state index contributed by atoms with van der Waals surface area (Å²) in [5.41, 5.74) is 1.51. The Morgan fingerprint density at radius 1 is 1.38 bits per heavy atom. The molecule has 0 saturated heterocycles. The number of likely N-dealkylation sites (N-methyl/N-ethyl adjacent to an activating group) is 1. The van der Waals surface area contributed by atoms with Crippen molar-refractivity contribution in [1.29, 1.82) is 0 Å². The molecular weight excluding hydrogens is 328 g/mol. The van der Waals surface area contributed by atoms with Crippen molar-refractivity contribution >= 4 is 15.9 Å². The molecule has 1 aromatic heterocycles. The second-order valence-corrected chi connectivity index (χ2v) is 7.14. The predicted octanol–water partition coefficient (Wildman–Crippen LogP) is 3.58. The molecule has 4 nitrogen and oxygen atoms in total. The smallest absolute Gasteiger partial charge is 0.0714 e. The van der Waals surface area contributed by atoms with Gasteiger partial charge in [0, 0.05) is 12.1 Å². The van der Waals surface area contributed by atoms with Gasteiger partial charge in [-0.05, 0) is 62.8 Å². The van der Waals surface area contributed by atoms with Gasteiger partial charge in [0.15, 0.2) is 0 Å². The van der Waals surface area contributed by atoms with Crippen LogP contribution in [0.1, 0.15) is 57.7 Å². The quantitative estimate of drug-likeness (QED) is 0.810. The van der Waals surface area contributed by atoms with Crippen LogP contribution in [0, 0.1) is 0 Å². The second-order valence-electron chi connectivity index (χ2n) is 6.29. The highest BCUT2D eigenvalue weighted by Crippen LogP contribution is 2.44. The molecule has 5 heteroatoms. The Kier molecular flexibility index (Phi) is 5.86. The fourth-order valence-corrected chi connectivity index (χ4v) is 4.25. The number of hydrogen-bond donors (Lipinski definition) is 1. The first-order chi connectivity index (χ1) is 10.1. The first-order valence-electron chi connectivity index (χ1n) is 8.18. The highest BCUT2D eigenvalue weighted by atomic mass is 79.9. The van der Waals surface area contributed by atoms with Gasteiger partial charge in [-0.3, -0.25) is 4.68 Å². The number of aromatic nitrogens is 2. The van der Waals surface area contributed by atoms with Gasteiger partial charge in [-0.15, -0.1) is 0 Å². The largest absolute Gasteiger partial charge is 0.307 e. The van der Waals surface area contributed by atoms with Crippen LogP contribution < -0.4 is 5.32 Å². The van der Waals surface area contributed by atoms with Crippen molar-refractivity contribution < 1.29 is 0 Å². The SMILES string of the molecule is CCCNC(c1c(Br)cnn1CC)C1(N(C)C)CCCC1. The summed E-state index contributed by atoms with van der Waals surface area (Å²) in [5.74, 6) is 0. The number of hydrogen-bond acceptors (Lipinski definition) is 3. The lowest BCUT2D eigenvalue weighted by Gasteiger charge is -2.44. The lowest BCUT2D eigenvalue weighted by molar-refractivity contribution is 0.0997. The molecule has 120 valence electrons. The molecule has 1 saturated carbocycles. The number of halogens is 1. The normalized spacial score (nSPS) is 19.3. The molecule has 0 aliphatic heterocycles. The molecule has 0 amide bonds. The van der Waals surface area contributed by atoms with Crippen molar-refractivity contribution in [3.63, 3.8) is 0 Å². The van der Waals surface area contributed by atoms with Crippen molar-refractivity contribution in [2.75, 3.05) is 20.6 Å². The van der Waals surface area contributed by atoms with Crippen LogP contribution in [0.3, 0.4) is 0 Å². The summed E-state index contributed by atoms with van der Waals surface area (Å²) >= 11 is 3.73. The molecule has 1 aliphatic carbocycles. The van der Waals surface area contributed by atoms with E-state index in [1.54, 1.807) is 0 Å². The van der Waals surface area contributed by atoms with E-state index in [9.17, 15) is 0 Å². The number of nitrogens with one attached hydrogen (secondary N) is 1. The van der Waals surface area contributed by atoms with E-state index in [2.05, 4.69) is 63.9 Å². The Morgan fingerprint density at radius 2 is 2.05 bits per heavy atom. The zero-order chi connectivity index (χ0) is 15.5. The van der Waals surface area contributed by atoms with Gasteiger partial charge in [-0.1, -0.05) is 19.8 Å². The van der Waals surface area contributed by atoms with Crippen molar-refractivity contribution in [3.05, 3.63) is 16.4 Å². The van der Waals surface area contributed by atoms with Crippen LogP contribution in [-0.2, 0) is 6.54 Å². The third kappa shape index (κ3) is 3.20. The third-order valence-corrected chi connectivity index (χ3v) is 5.51. The Labute approximate surface area is 137 Å². The molecule has 0 radical (unpaired) electrons. The maximum Gasteiger partial charge on any atom is 0.0714 e. The zero-order valence-corrected chi connectivity index (χ0v) is 15.4. The van der Waals surface area contributed by atoms with Gasteiger partial charge >= 0.3 is 0 Å². The van der Waals surface area contributed by atoms with Crippen LogP contribution in [0.2, 0.25) is 0 Å². The Bertz CT molecular complexity index is 449. The molecule has 1 aliphatic rings. The van der Waals surface area contributed by atoms with Gasteiger partial charge in [0.25, 0.3) is 0 Å². The molecule has 1 atom stereocenters. The van der Waals surface area contributed by atoms with Gasteiger partial charge in [-0.25, -0.2) is 0 Å². The monoisotopic (exact) mass is 356 g/mol. The molecule has 1 fully saturated rings. The number of rotatable bonds is 7. The van der Waals surface area contributed by atoms with E-state index in [4.69, 9.17) is 0 Å². The van der Waals surface area contributed by atoms with Gasteiger partial charge in [0.2, 0.25) is 0 Å². The van der Waals surface area contributed by atoms with Crippen LogP contribution in [0.4, 0.5) is 0 Å². The molecule has 0 bridgehead atoms. The maximum atomic E-state index is 4.54. The lowest BCUT2D eigenvalue weighted by atomic mass is 9.84. The van der Waals surface area contributed by atoms with E-state index in [0.29, 0.717) is 6.04 Å². The van der Waals surface area contributed by atoms with Crippen LogP contribution in [0.15, 0.2) is 10.7 Å². The highest BCUT2D eigenvalue weighted by Gasteiger charge is 2.45. The molecule has 0 aromatic carbocycles. The van der Waals surface area contributed by atoms with E-state index < -0.39 is 0 Å². The van der Waals surface area contributed by atoms with Gasteiger partial charge in [-0.2, -0.15) is 5.10 Å². The van der Waals surface area contributed by atoms with E-state index >= 15 is 0 Å². The summed E-state index contributed by atoms with van der Waals surface area (Å²) < 4.78 is 3.27. The van der Waals surface area contributed by atoms with E-state index in [1.165, 1.54) is 31.4 Å². The highest BCUT2D eigenvalue weighted by molar-refractivity contribution is 9.10. The molecule has 1 aromatic rings. The predicted molar refractivity (Wildman–Crippen MR) is 91.5 cm³/mol. The van der Waals surface area contributed by atoms with Gasteiger partial charge in [0.1, 0.15) is 0 Å². The summed E-state index contributed by atoms with van der Waals surface area (Å²) in [6.07, 6.45) is 8.24. The van der Waals surface area contributed by atoms with Crippen molar-refractivity contribution in [2.45, 2.75) is 64.1 Å². The topological polar surface area (TPSA) is 33.1 Å². The average Bonchev–Trinajstić information content (AvgIpc) is 3.08. The minimum Gasteiger partial charge on any atom is -0.307 e. The first kappa shape index (κ1) is 17.0. The van der Waals surface area contributed by atoms with Crippen LogP contribution >= 0.6 is 15.9 Å². The summed E-state index contributed by atoms with van der Waals surface area (Å²) in [5, 5.41) is 8.36. The van der Waals surface area contributed by atoms with Crippen LogP contribution in [0.25, 0.3) is 0 Å². The molecule has 1 unspecified atom stereocenters. The van der Waals surface area contributed by atoms with Gasteiger partial charge in [0.05, 0.1) is 22.4 Å². The minimum absolute atomic E-state index is 0.199. The van der Waals surface area contributed by atoms with Crippen molar-refractivity contribution in [2.24, 2.45) is 0 Å². The fraction of sp³-hybridized carbons (Fsp3) is 0.812. The fourth-order valence-electron chi connectivity index (χ4n) is 3.72. The third-order valence-electron chi connectivity index (χ3n) is 4.90. The van der Waals surface area contributed by atoms with E-state index in [1.807, 2.05) is 6.20 Å². The molecule has 1 N–H and O–H groups in total. The summed E-state index contributed by atoms with van der Waals surface area (Å²) in [4.78, 5) is 2.44. The Morgan fingerprint density at radius 3 is 2.57 bits per heavy atom. The summed E-state index contributed by atoms with van der Waals surface area (Å²) in [7, 11) is 4.46. The molecule has 21 heavy (non-hydrogen) atoms. The summed E-state index contributed by atoms with van der Waals surface area (Å²) in [6.45, 7) is 6.35. The lowest BCUT2D eigenvalue weighted by Crippen LogP contribution is -2.52. The number of nitrogens with zero attached hydrogens (tertiary/aromatic N) is 3. The van der Waals surface area contributed by atoms with Crippen LogP contribution in [0.5, 0.6) is 0 Å². The Hall–Kier alpha value is -0.390. The van der Waals surface area contributed by atoms with E-state index in [0.717, 1.165) is 24.0 Å². The minimum atomic E-state index is 0.199. The van der Waals surface area contributed by atoms with Crippen molar-refractivity contribution in [3.8, 4) is 0 Å². The van der Waals surface area contributed by atoms with Gasteiger partial charge < -0.3 is 10.2 Å². The molecular formula is C16H29BrN4. The molecule has 2 rings (SSSR count). The maximum absolute atomic E-state index is 4.54. The Balaban J connectivity index is 2.44.